The number of aliphatic hydroxyl groups excluding tert-OH is 1. The van der Waals surface area contributed by atoms with Crippen molar-refractivity contribution in [3.63, 3.8) is 0 Å². The molecule has 10 heteroatoms. The van der Waals surface area contributed by atoms with E-state index < -0.39 is 6.23 Å². The molecule has 10 nitrogen and oxygen atoms in total. The number of methoxy groups -OCH3 is 1. The Morgan fingerprint density at radius 2 is 1.92 bits per heavy atom. The lowest BCUT2D eigenvalue weighted by atomic mass is 10.1. The second-order valence-corrected chi connectivity index (χ2v) is 9.28. The van der Waals surface area contributed by atoms with Crippen molar-refractivity contribution in [2.75, 3.05) is 55.9 Å². The Labute approximate surface area is 229 Å². The van der Waals surface area contributed by atoms with Gasteiger partial charge in [-0.15, -0.1) is 0 Å². The van der Waals surface area contributed by atoms with Gasteiger partial charge in [-0.3, -0.25) is 4.68 Å². The first-order valence-electron chi connectivity index (χ1n) is 13.1. The summed E-state index contributed by atoms with van der Waals surface area (Å²) in [5.41, 5.74) is 5.09. The van der Waals surface area contributed by atoms with E-state index in [2.05, 4.69) is 57.0 Å². The lowest BCUT2D eigenvalue weighted by Gasteiger charge is -2.28. The monoisotopic (exact) mass is 530 g/mol. The van der Waals surface area contributed by atoms with E-state index in [9.17, 15) is 5.11 Å². The van der Waals surface area contributed by atoms with Gasteiger partial charge in [-0.1, -0.05) is 26.5 Å². The third kappa shape index (κ3) is 6.47. The van der Waals surface area contributed by atoms with Gasteiger partial charge in [0.1, 0.15) is 12.0 Å². The average Bonchev–Trinajstić information content (AvgIpc) is 3.33. The Balaban J connectivity index is 1.64. The topological polar surface area (TPSA) is 104 Å². The quantitative estimate of drug-likeness (QED) is 0.171. The maximum absolute atomic E-state index is 10.3. The molecule has 3 N–H and O–H groups in total. The van der Waals surface area contributed by atoms with Crippen LogP contribution >= 0.6 is 0 Å². The second-order valence-electron chi connectivity index (χ2n) is 9.28. The molecule has 0 bridgehead atoms. The lowest BCUT2D eigenvalue weighted by Crippen LogP contribution is -2.33. The number of nitrogens with zero attached hydrogens (tertiary/aromatic N) is 6. The van der Waals surface area contributed by atoms with Gasteiger partial charge in [0, 0.05) is 50.4 Å². The molecule has 4 rings (SSSR count). The minimum atomic E-state index is -0.914. The van der Waals surface area contributed by atoms with Crippen LogP contribution in [0.4, 0.5) is 23.0 Å². The minimum Gasteiger partial charge on any atom is -0.494 e. The Hall–Kier alpha value is -4.15. The molecule has 0 fully saturated rings. The molecule has 2 heterocycles. The summed E-state index contributed by atoms with van der Waals surface area (Å²) in [6.45, 7) is 11.7. The van der Waals surface area contributed by atoms with Crippen LogP contribution in [0, 0.1) is 0 Å². The van der Waals surface area contributed by atoms with Gasteiger partial charge in [-0.05, 0) is 43.4 Å². The van der Waals surface area contributed by atoms with Gasteiger partial charge in [0.15, 0.2) is 0 Å². The number of hydrogen-bond donors (Lipinski definition) is 3. The summed E-state index contributed by atoms with van der Waals surface area (Å²) in [7, 11) is 5.59. The molecular formula is C29H38N8O2. The van der Waals surface area contributed by atoms with Crippen LogP contribution in [-0.4, -0.2) is 76.3 Å². The first kappa shape index (κ1) is 27.9. The fourth-order valence-corrected chi connectivity index (χ4v) is 4.46. The number of rotatable bonds is 13. The van der Waals surface area contributed by atoms with Crippen molar-refractivity contribution in [1.29, 1.82) is 0 Å². The van der Waals surface area contributed by atoms with Crippen LogP contribution in [0.15, 0.2) is 61.4 Å². The number of fused-ring (bicyclic) bond motifs is 1. The predicted molar refractivity (Wildman–Crippen MR) is 159 cm³/mol. The van der Waals surface area contributed by atoms with Crippen molar-refractivity contribution in [3.8, 4) is 17.0 Å². The first-order valence-corrected chi connectivity index (χ1v) is 13.1. The molecule has 206 valence electrons. The van der Waals surface area contributed by atoms with Gasteiger partial charge in [0.25, 0.3) is 0 Å². The van der Waals surface area contributed by atoms with Crippen LogP contribution in [0.25, 0.3) is 22.2 Å². The number of anilines is 4. The highest BCUT2D eigenvalue weighted by molar-refractivity contribution is 5.84. The molecule has 0 radical (unpaired) electrons. The molecule has 0 aliphatic rings. The van der Waals surface area contributed by atoms with Gasteiger partial charge in [-0.25, -0.2) is 9.97 Å². The standard InChI is InChI=1S/C29H38N8O2/c1-7-28(38)32-23-17-24(27(39-6)18-26(23)35(4)14-15-37(8-2)9-3)34-29-30-13-12-22(33-29)20-10-11-25-21(16-20)19-31-36(25)5/h7,10-13,16-19,28,32,38H,1,8-9,14-15H2,2-6H3,(H,30,33,34). The third-order valence-electron chi connectivity index (χ3n) is 6.85. The third-order valence-corrected chi connectivity index (χ3v) is 6.85. The zero-order valence-corrected chi connectivity index (χ0v) is 23.3. The van der Waals surface area contributed by atoms with Crippen molar-refractivity contribution < 1.29 is 9.84 Å². The van der Waals surface area contributed by atoms with E-state index in [-0.39, 0.29) is 0 Å². The molecule has 1 unspecified atom stereocenters. The molecular weight excluding hydrogens is 492 g/mol. The maximum atomic E-state index is 10.3. The molecule has 0 spiro atoms. The van der Waals surface area contributed by atoms with E-state index in [1.165, 1.54) is 6.08 Å². The molecule has 0 aliphatic carbocycles. The van der Waals surface area contributed by atoms with Crippen molar-refractivity contribution in [2.45, 2.75) is 20.1 Å². The van der Waals surface area contributed by atoms with Gasteiger partial charge in [0.2, 0.25) is 5.95 Å². The highest BCUT2D eigenvalue weighted by Crippen LogP contribution is 2.38. The highest BCUT2D eigenvalue weighted by Gasteiger charge is 2.17. The first-order chi connectivity index (χ1) is 18.9. The maximum Gasteiger partial charge on any atom is 0.227 e. The summed E-state index contributed by atoms with van der Waals surface area (Å²) in [4.78, 5) is 13.7. The van der Waals surface area contributed by atoms with E-state index in [1.807, 2.05) is 55.3 Å². The Bertz CT molecular complexity index is 1420. The van der Waals surface area contributed by atoms with Crippen molar-refractivity contribution >= 4 is 33.9 Å². The summed E-state index contributed by atoms with van der Waals surface area (Å²) in [6.07, 6.45) is 4.10. The molecule has 0 amide bonds. The Morgan fingerprint density at radius 3 is 2.64 bits per heavy atom. The van der Waals surface area contributed by atoms with E-state index in [4.69, 9.17) is 9.72 Å². The zero-order valence-electron chi connectivity index (χ0n) is 23.3. The van der Waals surface area contributed by atoms with Crippen LogP contribution in [0.5, 0.6) is 5.75 Å². The summed E-state index contributed by atoms with van der Waals surface area (Å²) in [6, 6.07) is 11.8. The summed E-state index contributed by atoms with van der Waals surface area (Å²) in [5.74, 6) is 1.05. The number of benzene rings is 2. The molecule has 1 atom stereocenters. The van der Waals surface area contributed by atoms with Gasteiger partial charge in [0.05, 0.1) is 41.6 Å². The summed E-state index contributed by atoms with van der Waals surface area (Å²) in [5, 5.41) is 22.1. The van der Waals surface area contributed by atoms with Gasteiger partial charge >= 0.3 is 0 Å². The van der Waals surface area contributed by atoms with Crippen LogP contribution < -0.4 is 20.3 Å². The van der Waals surface area contributed by atoms with Crippen molar-refractivity contribution in [1.82, 2.24) is 24.6 Å². The fourth-order valence-electron chi connectivity index (χ4n) is 4.46. The molecule has 39 heavy (non-hydrogen) atoms. The molecule has 4 aromatic rings. The number of aliphatic hydroxyl groups is 1. The van der Waals surface area contributed by atoms with E-state index in [0.29, 0.717) is 17.4 Å². The predicted octanol–water partition coefficient (Wildman–Crippen LogP) is 4.48. The van der Waals surface area contributed by atoms with Crippen molar-refractivity contribution in [2.24, 2.45) is 7.05 Å². The number of aryl methyl sites for hydroxylation is 1. The summed E-state index contributed by atoms with van der Waals surface area (Å²) >= 11 is 0. The van der Waals surface area contributed by atoms with Gasteiger partial charge < -0.3 is 30.3 Å². The highest BCUT2D eigenvalue weighted by atomic mass is 16.5. The van der Waals surface area contributed by atoms with Crippen LogP contribution in [-0.2, 0) is 7.05 Å². The van der Waals surface area contributed by atoms with Crippen molar-refractivity contribution in [3.05, 3.63) is 61.4 Å². The van der Waals surface area contributed by atoms with E-state index >= 15 is 0 Å². The number of nitrogens with one attached hydrogen (secondary N) is 2. The van der Waals surface area contributed by atoms with E-state index in [0.717, 1.165) is 59.7 Å². The molecule has 2 aromatic heterocycles. The lowest BCUT2D eigenvalue weighted by molar-refractivity contribution is 0.253. The fraction of sp³-hybridized carbons (Fsp3) is 0.345. The number of likely N-dealkylation sites (N-methyl/N-ethyl adjacent to an activating group) is 2. The molecule has 0 saturated carbocycles. The molecule has 2 aromatic carbocycles. The number of ether oxygens (including phenoxy) is 1. The van der Waals surface area contributed by atoms with Crippen LogP contribution in [0.2, 0.25) is 0 Å². The summed E-state index contributed by atoms with van der Waals surface area (Å²) < 4.78 is 7.60. The number of hydrogen-bond acceptors (Lipinski definition) is 9. The SMILES string of the molecule is C=CC(O)Nc1cc(Nc2nccc(-c3ccc4c(cnn4C)c3)n2)c(OC)cc1N(C)CCN(CC)CC. The van der Waals surface area contributed by atoms with E-state index in [1.54, 1.807) is 13.3 Å². The number of aromatic nitrogens is 4. The minimum absolute atomic E-state index is 0.426. The molecule has 0 aliphatic heterocycles. The van der Waals surface area contributed by atoms with Crippen LogP contribution in [0.1, 0.15) is 13.8 Å². The Morgan fingerprint density at radius 1 is 1.13 bits per heavy atom. The van der Waals surface area contributed by atoms with Gasteiger partial charge in [-0.2, -0.15) is 5.10 Å². The second kappa shape index (κ2) is 12.6. The largest absolute Gasteiger partial charge is 0.494 e. The average molecular weight is 531 g/mol. The smallest absolute Gasteiger partial charge is 0.227 e. The van der Waals surface area contributed by atoms with Crippen LogP contribution in [0.3, 0.4) is 0 Å². The normalized spacial score (nSPS) is 12.0. The molecule has 0 saturated heterocycles. The zero-order chi connectivity index (χ0) is 27.9. The Kier molecular flexibility index (Phi) is 9.00.